The van der Waals surface area contributed by atoms with Crippen LogP contribution in [-0.2, 0) is 14.2 Å². The summed E-state index contributed by atoms with van der Waals surface area (Å²) in [6.45, 7) is 6.69. The van der Waals surface area contributed by atoms with Gasteiger partial charge in [0, 0.05) is 12.7 Å². The van der Waals surface area contributed by atoms with Gasteiger partial charge in [-0.15, -0.1) is 0 Å². The summed E-state index contributed by atoms with van der Waals surface area (Å²) in [6.07, 6.45) is 6.36. The molecule has 0 bridgehead atoms. The molecular formula is C31H37BN2O5. The van der Waals surface area contributed by atoms with Crippen LogP contribution >= 0.6 is 0 Å². The van der Waals surface area contributed by atoms with Crippen LogP contribution in [0.4, 0.5) is 0 Å². The molecule has 1 aromatic carbocycles. The van der Waals surface area contributed by atoms with Gasteiger partial charge in [0.2, 0.25) is 11.8 Å². The van der Waals surface area contributed by atoms with Crippen molar-refractivity contribution in [2.24, 2.45) is 23.7 Å². The number of carbonyl (C=O) groups is 2. The highest BCUT2D eigenvalue weighted by atomic mass is 16.5. The van der Waals surface area contributed by atoms with E-state index >= 15 is 0 Å². The number of amides is 2. The number of fused-ring (bicyclic) bond motifs is 3. The Balaban J connectivity index is 1.47. The number of pyridine rings is 1. The van der Waals surface area contributed by atoms with Crippen LogP contribution in [0.1, 0.15) is 57.7 Å². The van der Waals surface area contributed by atoms with Gasteiger partial charge < -0.3 is 14.8 Å². The van der Waals surface area contributed by atoms with Crippen LogP contribution in [-0.4, -0.2) is 51.6 Å². The highest BCUT2D eigenvalue weighted by molar-refractivity contribution is 6.43. The number of imide groups is 1. The molecule has 8 heteroatoms. The molecule has 5 rings (SSSR count). The van der Waals surface area contributed by atoms with E-state index in [1.807, 2.05) is 37.3 Å². The maximum atomic E-state index is 13.5. The van der Waals surface area contributed by atoms with E-state index < -0.39 is 13.0 Å². The Hall–Kier alpha value is -3.23. The Kier molecular flexibility index (Phi) is 8.05. The first-order chi connectivity index (χ1) is 18.8. The Morgan fingerprint density at radius 3 is 2.59 bits per heavy atom. The quantitative estimate of drug-likeness (QED) is 0.285. The number of likely N-dealkylation sites (tertiary alicyclic amines) is 1. The lowest BCUT2D eigenvalue weighted by molar-refractivity contribution is -0.140. The smallest absolute Gasteiger partial charge is 0.455 e. The van der Waals surface area contributed by atoms with E-state index in [-0.39, 0.29) is 41.4 Å². The molecule has 39 heavy (non-hydrogen) atoms. The average Bonchev–Trinajstić information content (AvgIpc) is 3.16. The molecule has 1 aromatic heterocycles. The van der Waals surface area contributed by atoms with Gasteiger partial charge in [0.15, 0.2) is 0 Å². The van der Waals surface area contributed by atoms with Crippen molar-refractivity contribution in [3.05, 3.63) is 71.1 Å². The number of phenolic OH excluding ortho intramolecular Hbond substituents is 1. The number of benzene rings is 1. The van der Waals surface area contributed by atoms with Gasteiger partial charge >= 0.3 is 7.12 Å². The molecule has 1 aliphatic carbocycles. The van der Waals surface area contributed by atoms with E-state index in [1.165, 1.54) is 10.5 Å². The van der Waals surface area contributed by atoms with Crippen LogP contribution in [0.2, 0.25) is 6.32 Å². The summed E-state index contributed by atoms with van der Waals surface area (Å²) in [4.78, 5) is 32.8. The minimum absolute atomic E-state index is 0.0594. The van der Waals surface area contributed by atoms with Crippen molar-refractivity contribution in [2.45, 2.75) is 58.9 Å². The third-order valence-corrected chi connectivity index (χ3v) is 8.38. The van der Waals surface area contributed by atoms with Crippen molar-refractivity contribution in [2.75, 3.05) is 6.54 Å². The van der Waals surface area contributed by atoms with Crippen molar-refractivity contribution < 1.29 is 24.4 Å². The molecule has 3 heterocycles. The topological polar surface area (TPSA) is 100.0 Å². The fraction of sp³-hybridized carbons (Fsp3) is 0.452. The van der Waals surface area contributed by atoms with Crippen molar-refractivity contribution in [3.8, 4) is 5.75 Å². The van der Waals surface area contributed by atoms with Gasteiger partial charge in [0.05, 0.1) is 23.6 Å². The van der Waals surface area contributed by atoms with Gasteiger partial charge in [0.1, 0.15) is 5.75 Å². The molecular weight excluding hydrogens is 491 g/mol. The van der Waals surface area contributed by atoms with E-state index in [2.05, 4.69) is 24.9 Å². The zero-order chi connectivity index (χ0) is 27.7. The summed E-state index contributed by atoms with van der Waals surface area (Å²) < 4.78 is 6.18. The van der Waals surface area contributed by atoms with E-state index in [0.717, 1.165) is 28.8 Å². The van der Waals surface area contributed by atoms with Gasteiger partial charge in [-0.1, -0.05) is 44.5 Å². The summed E-state index contributed by atoms with van der Waals surface area (Å²) in [5, 5.41) is 20.5. The summed E-state index contributed by atoms with van der Waals surface area (Å²) in [7, 11) is -0.988. The zero-order valence-electron chi connectivity index (χ0n) is 22.9. The monoisotopic (exact) mass is 528 g/mol. The highest BCUT2D eigenvalue weighted by Crippen LogP contribution is 2.52. The molecule has 2 aliphatic heterocycles. The van der Waals surface area contributed by atoms with Crippen LogP contribution in [0, 0.1) is 23.7 Å². The van der Waals surface area contributed by atoms with Crippen LogP contribution in [0.25, 0.3) is 11.6 Å². The molecule has 2 fully saturated rings. The molecule has 4 atom stereocenters. The number of aromatic nitrogens is 1. The predicted octanol–water partition coefficient (Wildman–Crippen LogP) is 4.97. The van der Waals surface area contributed by atoms with Gasteiger partial charge in [-0.3, -0.25) is 19.5 Å². The number of allylic oxidation sites excluding steroid dienone is 2. The van der Waals surface area contributed by atoms with Crippen LogP contribution < -0.4 is 0 Å². The zero-order valence-corrected chi connectivity index (χ0v) is 22.9. The molecule has 0 spiro atoms. The molecule has 2 saturated heterocycles. The Morgan fingerprint density at radius 1 is 1.15 bits per heavy atom. The van der Waals surface area contributed by atoms with Crippen LogP contribution in [0.5, 0.6) is 5.75 Å². The maximum absolute atomic E-state index is 13.5. The molecule has 0 radical (unpaired) electrons. The summed E-state index contributed by atoms with van der Waals surface area (Å²) in [5.41, 5.74) is 5.13. The summed E-state index contributed by atoms with van der Waals surface area (Å²) in [6, 6.07) is 12.9. The number of carbonyl (C=O) groups excluding carboxylic acids is 2. The lowest BCUT2D eigenvalue weighted by atomic mass is 9.57. The summed E-state index contributed by atoms with van der Waals surface area (Å²) in [5.74, 6) is -0.709. The number of hydrogen-bond acceptors (Lipinski definition) is 6. The minimum atomic E-state index is -0.988. The molecule has 0 saturated carbocycles. The van der Waals surface area contributed by atoms with Crippen LogP contribution in [0.3, 0.4) is 0 Å². The SMILES string of the molecule is CCCN1C(=O)[C@@H]2[C@@H](CC(C(C)C)=C3[C@@H](CC/C(=C/c4ccc(O)cc4)c4ccccn4)OB(O)C[C@@H]32)C1=O. The largest absolute Gasteiger partial charge is 0.508 e. The second-order valence-corrected chi connectivity index (χ2v) is 11.2. The number of phenols is 1. The van der Waals surface area contributed by atoms with Crippen molar-refractivity contribution >= 4 is 30.6 Å². The Morgan fingerprint density at radius 2 is 1.92 bits per heavy atom. The standard InChI is InChI=1S/C31H37BN2O5/c1-4-15-34-30(36)24-17-23(19(2)3)28-25(29(24)31(34)37)18-32(38)39-27(28)13-10-21(26-7-5-6-14-33-26)16-20-8-11-22(35)12-9-20/h5-9,11-12,14,16,19,24-25,27,29,35,38H,4,10,13,15,17-18H2,1-3H3/b21-16-/t24-,25+,27-,29-/m1/s1. The van der Waals surface area contributed by atoms with E-state index in [1.54, 1.807) is 18.3 Å². The lowest BCUT2D eigenvalue weighted by Crippen LogP contribution is -2.46. The minimum Gasteiger partial charge on any atom is -0.508 e. The van der Waals surface area contributed by atoms with Crippen molar-refractivity contribution in [3.63, 3.8) is 0 Å². The normalized spacial score (nSPS) is 25.4. The number of aromatic hydroxyl groups is 1. The lowest BCUT2D eigenvalue weighted by Gasteiger charge is -2.44. The first kappa shape index (κ1) is 27.3. The second-order valence-electron chi connectivity index (χ2n) is 11.2. The van der Waals surface area contributed by atoms with Crippen molar-refractivity contribution in [1.29, 1.82) is 0 Å². The predicted molar refractivity (Wildman–Crippen MR) is 151 cm³/mol. The average molecular weight is 528 g/mol. The third-order valence-electron chi connectivity index (χ3n) is 8.38. The van der Waals surface area contributed by atoms with E-state index in [9.17, 15) is 19.7 Å². The maximum Gasteiger partial charge on any atom is 0.455 e. The fourth-order valence-electron chi connectivity index (χ4n) is 6.64. The molecule has 2 N–H and O–H groups in total. The highest BCUT2D eigenvalue weighted by Gasteiger charge is 2.57. The Bertz CT molecular complexity index is 1270. The van der Waals surface area contributed by atoms with Gasteiger partial charge in [-0.2, -0.15) is 0 Å². The molecule has 0 unspecified atom stereocenters. The molecule has 7 nitrogen and oxygen atoms in total. The number of rotatable bonds is 8. The van der Waals surface area contributed by atoms with Crippen molar-refractivity contribution in [1.82, 2.24) is 9.88 Å². The van der Waals surface area contributed by atoms with Gasteiger partial charge in [0.25, 0.3) is 0 Å². The first-order valence-corrected chi connectivity index (χ1v) is 14.1. The fourth-order valence-corrected chi connectivity index (χ4v) is 6.64. The number of nitrogens with zero attached hydrogens (tertiary/aromatic N) is 2. The number of hydrogen-bond donors (Lipinski definition) is 2. The molecule has 3 aliphatic rings. The molecule has 204 valence electrons. The molecule has 2 amide bonds. The van der Waals surface area contributed by atoms with E-state index in [0.29, 0.717) is 32.1 Å². The second kappa shape index (κ2) is 11.5. The Labute approximate surface area is 230 Å². The van der Waals surface area contributed by atoms with Crippen LogP contribution in [0.15, 0.2) is 59.8 Å². The summed E-state index contributed by atoms with van der Waals surface area (Å²) >= 11 is 0. The first-order valence-electron chi connectivity index (χ1n) is 14.1. The van der Waals surface area contributed by atoms with Gasteiger partial charge in [-0.25, -0.2) is 0 Å². The molecule has 2 aromatic rings. The van der Waals surface area contributed by atoms with Gasteiger partial charge in [-0.05, 0) is 90.9 Å². The third kappa shape index (κ3) is 5.45. The van der Waals surface area contributed by atoms with E-state index in [4.69, 9.17) is 4.65 Å².